The van der Waals surface area contributed by atoms with E-state index in [1.54, 1.807) is 4.68 Å². The summed E-state index contributed by atoms with van der Waals surface area (Å²) in [5, 5.41) is 12.7. The molecular formula is C10H8N4. The number of nitriles is 1. The van der Waals surface area contributed by atoms with Gasteiger partial charge in [-0.3, -0.25) is 0 Å². The SMILES string of the molecule is Cc1nc(C#N)nn1-c1ccccc1. The Balaban J connectivity index is 2.53. The molecule has 0 spiro atoms. The highest BCUT2D eigenvalue weighted by atomic mass is 15.3. The Morgan fingerprint density at radius 1 is 1.29 bits per heavy atom. The first-order chi connectivity index (χ1) is 6.81. The van der Waals surface area contributed by atoms with Gasteiger partial charge in [0.05, 0.1) is 5.69 Å². The molecule has 1 aromatic heterocycles. The minimum absolute atomic E-state index is 0.200. The third-order valence-electron chi connectivity index (χ3n) is 1.87. The van der Waals surface area contributed by atoms with Crippen molar-refractivity contribution >= 4 is 0 Å². The predicted octanol–water partition coefficient (Wildman–Crippen LogP) is 1.45. The van der Waals surface area contributed by atoms with E-state index in [9.17, 15) is 0 Å². The van der Waals surface area contributed by atoms with Gasteiger partial charge in [-0.2, -0.15) is 5.26 Å². The lowest BCUT2D eigenvalue weighted by atomic mass is 10.3. The fourth-order valence-electron chi connectivity index (χ4n) is 1.25. The molecule has 2 rings (SSSR count). The van der Waals surface area contributed by atoms with Crippen LogP contribution in [0, 0.1) is 18.3 Å². The molecule has 0 aliphatic carbocycles. The van der Waals surface area contributed by atoms with Gasteiger partial charge in [-0.1, -0.05) is 18.2 Å². The molecule has 0 bridgehead atoms. The highest BCUT2D eigenvalue weighted by Gasteiger charge is 2.05. The van der Waals surface area contributed by atoms with E-state index in [2.05, 4.69) is 10.1 Å². The van der Waals surface area contributed by atoms with Crippen molar-refractivity contribution in [1.82, 2.24) is 14.8 Å². The van der Waals surface area contributed by atoms with Crippen molar-refractivity contribution in [1.29, 1.82) is 5.26 Å². The van der Waals surface area contributed by atoms with Crippen LogP contribution in [-0.4, -0.2) is 14.8 Å². The fourth-order valence-corrected chi connectivity index (χ4v) is 1.25. The fraction of sp³-hybridized carbons (Fsp3) is 0.100. The Morgan fingerprint density at radius 2 is 2.00 bits per heavy atom. The maximum atomic E-state index is 8.63. The van der Waals surface area contributed by atoms with E-state index in [0.29, 0.717) is 5.82 Å². The van der Waals surface area contributed by atoms with Crippen LogP contribution in [-0.2, 0) is 0 Å². The van der Waals surface area contributed by atoms with E-state index in [-0.39, 0.29) is 5.82 Å². The maximum Gasteiger partial charge on any atom is 0.252 e. The van der Waals surface area contributed by atoms with Gasteiger partial charge in [0.25, 0.3) is 5.82 Å². The number of nitrogens with zero attached hydrogens (tertiary/aromatic N) is 4. The lowest BCUT2D eigenvalue weighted by molar-refractivity contribution is 0.837. The predicted molar refractivity (Wildman–Crippen MR) is 50.8 cm³/mol. The monoisotopic (exact) mass is 184 g/mol. The number of hydrogen-bond donors (Lipinski definition) is 0. The molecule has 0 atom stereocenters. The molecule has 0 aliphatic heterocycles. The third-order valence-corrected chi connectivity index (χ3v) is 1.87. The summed E-state index contributed by atoms with van der Waals surface area (Å²) in [6.45, 7) is 1.82. The van der Waals surface area contributed by atoms with Gasteiger partial charge in [-0.15, -0.1) is 5.10 Å². The Morgan fingerprint density at radius 3 is 2.57 bits per heavy atom. The van der Waals surface area contributed by atoms with Gasteiger partial charge in [-0.05, 0) is 19.1 Å². The molecule has 0 saturated heterocycles. The number of aryl methyl sites for hydroxylation is 1. The number of hydrogen-bond acceptors (Lipinski definition) is 3. The zero-order chi connectivity index (χ0) is 9.97. The molecular weight excluding hydrogens is 176 g/mol. The van der Waals surface area contributed by atoms with Crippen LogP contribution in [0.1, 0.15) is 11.6 Å². The second-order valence-electron chi connectivity index (χ2n) is 2.84. The van der Waals surface area contributed by atoms with Gasteiger partial charge in [0, 0.05) is 0 Å². The number of benzene rings is 1. The molecule has 0 amide bonds. The van der Waals surface area contributed by atoms with Crippen molar-refractivity contribution < 1.29 is 0 Å². The molecule has 4 nitrogen and oxygen atoms in total. The van der Waals surface area contributed by atoms with Gasteiger partial charge in [-0.25, -0.2) is 9.67 Å². The second-order valence-corrected chi connectivity index (χ2v) is 2.84. The molecule has 0 aliphatic rings. The maximum absolute atomic E-state index is 8.63. The van der Waals surface area contributed by atoms with E-state index in [1.807, 2.05) is 43.3 Å². The summed E-state index contributed by atoms with van der Waals surface area (Å²) in [6, 6.07) is 11.5. The minimum atomic E-state index is 0.200. The molecule has 4 heteroatoms. The average Bonchev–Trinajstić information content (AvgIpc) is 2.61. The van der Waals surface area contributed by atoms with Crippen molar-refractivity contribution in [3.8, 4) is 11.8 Å². The average molecular weight is 184 g/mol. The van der Waals surface area contributed by atoms with Crippen molar-refractivity contribution in [2.24, 2.45) is 0 Å². The van der Waals surface area contributed by atoms with Crippen LogP contribution < -0.4 is 0 Å². The Bertz CT molecular complexity index is 479. The normalized spacial score (nSPS) is 9.71. The lowest BCUT2D eigenvalue weighted by Crippen LogP contribution is -1.98. The van der Waals surface area contributed by atoms with Gasteiger partial charge in [0.1, 0.15) is 11.9 Å². The summed E-state index contributed by atoms with van der Waals surface area (Å²) in [5.74, 6) is 0.916. The number of para-hydroxylation sites is 1. The third kappa shape index (κ3) is 1.36. The largest absolute Gasteiger partial charge is 0.252 e. The van der Waals surface area contributed by atoms with Gasteiger partial charge in [0.2, 0.25) is 0 Å². The molecule has 68 valence electrons. The first kappa shape index (κ1) is 8.45. The Labute approximate surface area is 81.4 Å². The highest BCUT2D eigenvalue weighted by Crippen LogP contribution is 2.07. The zero-order valence-corrected chi connectivity index (χ0v) is 7.68. The molecule has 1 aromatic carbocycles. The van der Waals surface area contributed by atoms with E-state index in [1.165, 1.54) is 0 Å². The van der Waals surface area contributed by atoms with Crippen molar-refractivity contribution in [3.05, 3.63) is 42.0 Å². The lowest BCUT2D eigenvalue weighted by Gasteiger charge is -2.00. The summed E-state index contributed by atoms with van der Waals surface area (Å²) in [6.07, 6.45) is 0. The second kappa shape index (κ2) is 3.30. The van der Waals surface area contributed by atoms with Crippen LogP contribution in [0.5, 0.6) is 0 Å². The molecule has 0 saturated carbocycles. The summed E-state index contributed by atoms with van der Waals surface area (Å²) >= 11 is 0. The Hall–Kier alpha value is -2.15. The Kier molecular flexibility index (Phi) is 1.99. The molecule has 0 radical (unpaired) electrons. The minimum Gasteiger partial charge on any atom is -0.217 e. The van der Waals surface area contributed by atoms with Crippen LogP contribution in [0.25, 0.3) is 5.69 Å². The molecule has 0 fully saturated rings. The first-order valence-corrected chi connectivity index (χ1v) is 4.20. The van der Waals surface area contributed by atoms with Crippen molar-refractivity contribution in [2.45, 2.75) is 6.92 Å². The summed E-state index contributed by atoms with van der Waals surface area (Å²) in [5.41, 5.74) is 0.916. The van der Waals surface area contributed by atoms with Crippen LogP contribution in [0.4, 0.5) is 0 Å². The molecule has 1 heterocycles. The molecule has 14 heavy (non-hydrogen) atoms. The van der Waals surface area contributed by atoms with E-state index < -0.39 is 0 Å². The zero-order valence-electron chi connectivity index (χ0n) is 7.68. The van der Waals surface area contributed by atoms with E-state index in [0.717, 1.165) is 5.69 Å². The van der Waals surface area contributed by atoms with Crippen LogP contribution >= 0.6 is 0 Å². The smallest absolute Gasteiger partial charge is 0.217 e. The van der Waals surface area contributed by atoms with Gasteiger partial charge in [0.15, 0.2) is 0 Å². The van der Waals surface area contributed by atoms with Crippen molar-refractivity contribution in [2.75, 3.05) is 0 Å². The molecule has 0 unspecified atom stereocenters. The molecule has 0 N–H and O–H groups in total. The standard InChI is InChI=1S/C10H8N4/c1-8-12-10(7-11)13-14(8)9-5-3-2-4-6-9/h2-6H,1H3. The van der Waals surface area contributed by atoms with Crippen LogP contribution in [0.15, 0.2) is 30.3 Å². The summed E-state index contributed by atoms with van der Waals surface area (Å²) in [7, 11) is 0. The quantitative estimate of drug-likeness (QED) is 0.674. The van der Waals surface area contributed by atoms with Gasteiger partial charge < -0.3 is 0 Å². The molecule has 2 aromatic rings. The van der Waals surface area contributed by atoms with Crippen LogP contribution in [0.2, 0.25) is 0 Å². The topological polar surface area (TPSA) is 54.5 Å². The van der Waals surface area contributed by atoms with E-state index in [4.69, 9.17) is 5.26 Å². The number of aromatic nitrogens is 3. The first-order valence-electron chi connectivity index (χ1n) is 4.20. The van der Waals surface area contributed by atoms with Crippen LogP contribution in [0.3, 0.4) is 0 Å². The highest BCUT2D eigenvalue weighted by molar-refractivity contribution is 5.31. The van der Waals surface area contributed by atoms with Gasteiger partial charge >= 0.3 is 0 Å². The number of rotatable bonds is 1. The summed E-state index contributed by atoms with van der Waals surface area (Å²) < 4.78 is 1.65. The van der Waals surface area contributed by atoms with E-state index >= 15 is 0 Å². The van der Waals surface area contributed by atoms with Crippen molar-refractivity contribution in [3.63, 3.8) is 0 Å². The summed E-state index contributed by atoms with van der Waals surface area (Å²) in [4.78, 5) is 4.00.